The standard InChI is InChI=1S/C14H14N4O5S/c19-11(18-5-1-2-9(18)13(21)22)6-8-7-24-14(16-8)17-12(20)10-3-4-15-23-10/h3-4,7,9H,1-2,5-6H2,(H,21,22)(H,16,17,20). The van der Waals surface area contributed by atoms with Crippen LogP contribution >= 0.6 is 11.3 Å². The van der Waals surface area contributed by atoms with E-state index in [1.54, 1.807) is 5.38 Å². The van der Waals surface area contributed by atoms with Crippen LogP contribution in [0.15, 0.2) is 22.2 Å². The Morgan fingerprint density at radius 2 is 2.29 bits per heavy atom. The fraction of sp³-hybridized carbons (Fsp3) is 0.357. The molecular formula is C14H14N4O5S. The normalized spacial score (nSPS) is 17.0. The van der Waals surface area contributed by atoms with Crippen molar-refractivity contribution in [2.24, 2.45) is 0 Å². The molecule has 1 atom stereocenters. The number of hydrogen-bond acceptors (Lipinski definition) is 7. The fourth-order valence-corrected chi connectivity index (χ4v) is 3.22. The molecule has 0 saturated carbocycles. The number of carboxylic acid groups (broad SMARTS) is 1. The number of carboxylic acids is 1. The lowest BCUT2D eigenvalue weighted by molar-refractivity contribution is -0.148. The first kappa shape index (κ1) is 16.1. The number of anilines is 1. The first-order chi connectivity index (χ1) is 11.5. The topological polar surface area (TPSA) is 126 Å². The Labute approximate surface area is 140 Å². The second-order valence-corrected chi connectivity index (χ2v) is 6.09. The van der Waals surface area contributed by atoms with Gasteiger partial charge in [0.1, 0.15) is 6.04 Å². The van der Waals surface area contributed by atoms with Crippen molar-refractivity contribution in [2.45, 2.75) is 25.3 Å². The van der Waals surface area contributed by atoms with Gasteiger partial charge in [-0.25, -0.2) is 9.78 Å². The van der Waals surface area contributed by atoms with Gasteiger partial charge in [0.15, 0.2) is 5.13 Å². The summed E-state index contributed by atoms with van der Waals surface area (Å²) >= 11 is 1.17. The van der Waals surface area contributed by atoms with E-state index in [9.17, 15) is 14.4 Å². The van der Waals surface area contributed by atoms with Gasteiger partial charge in [-0.3, -0.25) is 14.9 Å². The van der Waals surface area contributed by atoms with E-state index in [1.165, 1.54) is 28.5 Å². The Kier molecular flexibility index (Phi) is 4.56. The van der Waals surface area contributed by atoms with Gasteiger partial charge in [-0.05, 0) is 12.8 Å². The maximum atomic E-state index is 12.3. The van der Waals surface area contributed by atoms with E-state index in [4.69, 9.17) is 9.63 Å². The number of amides is 2. The van der Waals surface area contributed by atoms with Crippen molar-refractivity contribution in [1.82, 2.24) is 15.0 Å². The Bertz CT molecular complexity index is 757. The minimum atomic E-state index is -0.987. The number of likely N-dealkylation sites (tertiary alicyclic amines) is 1. The van der Waals surface area contributed by atoms with Crippen LogP contribution in [0.2, 0.25) is 0 Å². The van der Waals surface area contributed by atoms with Gasteiger partial charge in [-0.2, -0.15) is 0 Å². The third-order valence-electron chi connectivity index (χ3n) is 3.62. The molecule has 2 aromatic rings. The average molecular weight is 350 g/mol. The van der Waals surface area contributed by atoms with Crippen molar-refractivity contribution in [3.63, 3.8) is 0 Å². The predicted molar refractivity (Wildman–Crippen MR) is 82.6 cm³/mol. The van der Waals surface area contributed by atoms with Crippen molar-refractivity contribution in [3.8, 4) is 0 Å². The van der Waals surface area contributed by atoms with Crippen LogP contribution in [-0.4, -0.2) is 50.5 Å². The Morgan fingerprint density at radius 1 is 1.46 bits per heavy atom. The first-order valence-corrected chi connectivity index (χ1v) is 8.11. The van der Waals surface area contributed by atoms with Crippen molar-refractivity contribution < 1.29 is 24.0 Å². The van der Waals surface area contributed by atoms with E-state index in [-0.39, 0.29) is 18.1 Å². The van der Waals surface area contributed by atoms with Crippen LogP contribution in [-0.2, 0) is 16.0 Å². The number of hydrogen-bond donors (Lipinski definition) is 2. The molecule has 24 heavy (non-hydrogen) atoms. The molecule has 0 aliphatic carbocycles. The number of nitrogens with one attached hydrogen (secondary N) is 1. The monoisotopic (exact) mass is 350 g/mol. The molecule has 10 heteroatoms. The van der Waals surface area contributed by atoms with Gasteiger partial charge in [0.2, 0.25) is 11.7 Å². The van der Waals surface area contributed by atoms with Crippen molar-refractivity contribution in [1.29, 1.82) is 0 Å². The second-order valence-electron chi connectivity index (χ2n) is 5.23. The molecule has 1 aliphatic heterocycles. The number of carbonyl (C=O) groups is 3. The van der Waals surface area contributed by atoms with Crippen molar-refractivity contribution >= 4 is 34.3 Å². The lowest BCUT2D eigenvalue weighted by atomic mass is 10.2. The second kappa shape index (κ2) is 6.79. The van der Waals surface area contributed by atoms with E-state index >= 15 is 0 Å². The quantitative estimate of drug-likeness (QED) is 0.824. The molecule has 1 saturated heterocycles. The zero-order chi connectivity index (χ0) is 17.1. The molecule has 1 aliphatic rings. The molecule has 3 rings (SSSR count). The summed E-state index contributed by atoms with van der Waals surface area (Å²) in [6.07, 6.45) is 2.50. The number of thiazole rings is 1. The number of aromatic nitrogens is 2. The zero-order valence-corrected chi connectivity index (χ0v) is 13.3. The number of nitrogens with zero attached hydrogens (tertiary/aromatic N) is 3. The molecule has 0 spiro atoms. The molecule has 9 nitrogen and oxygen atoms in total. The summed E-state index contributed by atoms with van der Waals surface area (Å²) in [6.45, 7) is 0.440. The molecule has 0 radical (unpaired) electrons. The Hall–Kier alpha value is -2.75. The largest absolute Gasteiger partial charge is 0.480 e. The first-order valence-electron chi connectivity index (χ1n) is 7.23. The highest BCUT2D eigenvalue weighted by atomic mass is 32.1. The van der Waals surface area contributed by atoms with E-state index < -0.39 is 17.9 Å². The van der Waals surface area contributed by atoms with E-state index in [1.807, 2.05) is 0 Å². The van der Waals surface area contributed by atoms with Crippen molar-refractivity contribution in [3.05, 3.63) is 29.1 Å². The van der Waals surface area contributed by atoms with Gasteiger partial charge >= 0.3 is 5.97 Å². The summed E-state index contributed by atoms with van der Waals surface area (Å²) in [6, 6.07) is 0.661. The number of carbonyl (C=O) groups excluding carboxylic acids is 2. The van der Waals surface area contributed by atoms with E-state index in [0.717, 1.165) is 0 Å². The third kappa shape index (κ3) is 3.43. The van der Waals surface area contributed by atoms with Gasteiger partial charge in [0.25, 0.3) is 5.91 Å². The fourth-order valence-electron chi connectivity index (χ4n) is 2.52. The van der Waals surface area contributed by atoms with Crippen molar-refractivity contribution in [2.75, 3.05) is 11.9 Å². The van der Waals surface area contributed by atoms with Crippen LogP contribution in [0.3, 0.4) is 0 Å². The zero-order valence-electron chi connectivity index (χ0n) is 12.5. The molecule has 1 unspecified atom stereocenters. The van der Waals surface area contributed by atoms with E-state index in [2.05, 4.69) is 15.5 Å². The van der Waals surface area contributed by atoms with Crippen LogP contribution in [0.1, 0.15) is 29.1 Å². The molecule has 2 N–H and O–H groups in total. The van der Waals surface area contributed by atoms with Gasteiger partial charge in [-0.15, -0.1) is 11.3 Å². The lowest BCUT2D eigenvalue weighted by Gasteiger charge is -2.20. The van der Waals surface area contributed by atoms with Gasteiger partial charge < -0.3 is 14.5 Å². The van der Waals surface area contributed by atoms with Crippen LogP contribution in [0.4, 0.5) is 5.13 Å². The third-order valence-corrected chi connectivity index (χ3v) is 4.43. The van der Waals surface area contributed by atoms with Gasteiger partial charge in [0.05, 0.1) is 18.3 Å². The average Bonchev–Trinajstić information content (AvgIpc) is 3.28. The van der Waals surface area contributed by atoms with Gasteiger partial charge in [0, 0.05) is 18.0 Å². The summed E-state index contributed by atoms with van der Waals surface area (Å²) in [5, 5.41) is 17.1. The summed E-state index contributed by atoms with van der Waals surface area (Å²) in [4.78, 5) is 40.8. The molecule has 2 aromatic heterocycles. The summed E-state index contributed by atoms with van der Waals surface area (Å²) in [7, 11) is 0. The van der Waals surface area contributed by atoms with Crippen LogP contribution in [0.5, 0.6) is 0 Å². The smallest absolute Gasteiger partial charge is 0.326 e. The van der Waals surface area contributed by atoms with Crippen LogP contribution < -0.4 is 5.32 Å². The van der Waals surface area contributed by atoms with E-state index in [0.29, 0.717) is 30.2 Å². The van der Waals surface area contributed by atoms with Crippen LogP contribution in [0, 0.1) is 0 Å². The highest BCUT2D eigenvalue weighted by Crippen LogP contribution is 2.21. The summed E-state index contributed by atoms with van der Waals surface area (Å²) in [5.74, 6) is -1.69. The molecule has 126 valence electrons. The maximum absolute atomic E-state index is 12.3. The molecule has 0 bridgehead atoms. The Morgan fingerprint density at radius 3 is 3.00 bits per heavy atom. The minimum absolute atomic E-state index is 0.00153. The Balaban J connectivity index is 1.60. The summed E-state index contributed by atoms with van der Waals surface area (Å²) < 4.78 is 4.74. The maximum Gasteiger partial charge on any atom is 0.326 e. The number of rotatable bonds is 5. The highest BCUT2D eigenvalue weighted by molar-refractivity contribution is 7.14. The number of aliphatic carboxylic acids is 1. The molecule has 0 aromatic carbocycles. The SMILES string of the molecule is O=C(Nc1nc(CC(=O)N2CCCC2C(=O)O)cs1)c1ccno1. The molecule has 3 heterocycles. The summed E-state index contributed by atoms with van der Waals surface area (Å²) in [5.41, 5.74) is 0.480. The van der Waals surface area contributed by atoms with Gasteiger partial charge in [-0.1, -0.05) is 5.16 Å². The molecular weight excluding hydrogens is 336 g/mol. The minimum Gasteiger partial charge on any atom is -0.480 e. The lowest BCUT2D eigenvalue weighted by Crippen LogP contribution is -2.41. The predicted octanol–water partition coefficient (Wildman–Crippen LogP) is 1.00. The molecule has 1 fully saturated rings. The highest BCUT2D eigenvalue weighted by Gasteiger charge is 2.33. The van der Waals surface area contributed by atoms with Crippen LogP contribution in [0.25, 0.3) is 0 Å². The molecule has 2 amide bonds.